The van der Waals surface area contributed by atoms with Crippen LogP contribution in [0.15, 0.2) is 53.1 Å². The van der Waals surface area contributed by atoms with Crippen LogP contribution in [0, 0.1) is 0 Å². The first-order valence-corrected chi connectivity index (χ1v) is 10.1. The van der Waals surface area contributed by atoms with E-state index < -0.39 is 11.7 Å². The van der Waals surface area contributed by atoms with Gasteiger partial charge in [0.1, 0.15) is 16.6 Å². The van der Waals surface area contributed by atoms with Gasteiger partial charge in [-0.05, 0) is 38.8 Å². The molecule has 2 unspecified atom stereocenters. The number of rotatable bonds is 4. The van der Waals surface area contributed by atoms with Crippen molar-refractivity contribution >= 4 is 17.7 Å². The van der Waals surface area contributed by atoms with Gasteiger partial charge in [0.25, 0.3) is 0 Å². The van der Waals surface area contributed by atoms with Gasteiger partial charge in [0.2, 0.25) is 0 Å². The molecule has 8 heteroatoms. The summed E-state index contributed by atoms with van der Waals surface area (Å²) in [6.07, 6.45) is 1.87. The number of carbonyl (C=O) groups excluding carboxylic acids is 1. The second-order valence-electron chi connectivity index (χ2n) is 8.35. The highest BCUT2D eigenvalue weighted by Gasteiger charge is 2.42. The molecule has 0 aliphatic carbocycles. The summed E-state index contributed by atoms with van der Waals surface area (Å²) < 4.78 is 11.6. The molecule has 1 aromatic rings. The summed E-state index contributed by atoms with van der Waals surface area (Å²) in [5, 5.41) is 0.0985. The molecule has 0 saturated carbocycles. The highest BCUT2D eigenvalue weighted by molar-refractivity contribution is 6.29. The fourth-order valence-corrected chi connectivity index (χ4v) is 3.73. The number of nitrogens with two attached hydrogens (primary N) is 2. The first-order chi connectivity index (χ1) is 13.6. The number of halogens is 1. The number of ether oxygens (including phenoxy) is 2. The number of hydrogen-bond donors (Lipinski definition) is 2. The highest BCUT2D eigenvalue weighted by atomic mass is 35.5. The minimum Gasteiger partial charge on any atom is -0.443 e. The van der Waals surface area contributed by atoms with Crippen LogP contribution >= 0.6 is 11.6 Å². The summed E-state index contributed by atoms with van der Waals surface area (Å²) in [5.41, 5.74) is 13.1. The van der Waals surface area contributed by atoms with E-state index in [4.69, 9.17) is 32.5 Å². The Morgan fingerprint density at radius 2 is 1.97 bits per heavy atom. The van der Waals surface area contributed by atoms with E-state index in [0.29, 0.717) is 25.4 Å². The predicted molar refractivity (Wildman–Crippen MR) is 112 cm³/mol. The van der Waals surface area contributed by atoms with E-state index in [-0.39, 0.29) is 23.1 Å². The Labute approximate surface area is 176 Å². The van der Waals surface area contributed by atoms with Crippen molar-refractivity contribution in [3.05, 3.63) is 58.6 Å². The lowest BCUT2D eigenvalue weighted by molar-refractivity contribution is 0.0243. The number of amides is 1. The summed E-state index contributed by atoms with van der Waals surface area (Å²) in [6, 6.07) is 10.1. The van der Waals surface area contributed by atoms with Crippen LogP contribution in [-0.2, 0) is 16.1 Å². The molecule has 2 atom stereocenters. The van der Waals surface area contributed by atoms with Gasteiger partial charge >= 0.3 is 6.09 Å². The van der Waals surface area contributed by atoms with Crippen molar-refractivity contribution in [1.29, 1.82) is 0 Å². The molecular formula is C21H29ClN4O3. The molecule has 3 rings (SSSR count). The van der Waals surface area contributed by atoms with Crippen LogP contribution in [-0.4, -0.2) is 46.7 Å². The normalized spacial score (nSPS) is 22.7. The topological polar surface area (TPSA) is 94.0 Å². The second kappa shape index (κ2) is 8.55. The van der Waals surface area contributed by atoms with E-state index in [1.165, 1.54) is 4.90 Å². The second-order valence-corrected chi connectivity index (χ2v) is 8.79. The van der Waals surface area contributed by atoms with Gasteiger partial charge in [-0.15, -0.1) is 0 Å². The van der Waals surface area contributed by atoms with Crippen molar-refractivity contribution in [3.63, 3.8) is 0 Å². The van der Waals surface area contributed by atoms with Crippen molar-refractivity contribution in [2.24, 2.45) is 11.5 Å². The summed E-state index contributed by atoms with van der Waals surface area (Å²) in [7, 11) is 0. The number of hydrogen-bond acceptors (Lipinski definition) is 6. The Morgan fingerprint density at radius 1 is 1.28 bits per heavy atom. The van der Waals surface area contributed by atoms with Gasteiger partial charge in [-0.3, -0.25) is 4.90 Å². The average molecular weight is 421 g/mol. The SMILES string of the molecule is CC(C)(C)OC(=O)N1CC2CC(OCc3ccccc3)CN2C(/C=C(\N)Cl)=C1N. The largest absolute Gasteiger partial charge is 0.443 e. The molecule has 158 valence electrons. The predicted octanol–water partition coefficient (Wildman–Crippen LogP) is 3.06. The van der Waals surface area contributed by atoms with Crippen molar-refractivity contribution in [2.75, 3.05) is 13.1 Å². The maximum absolute atomic E-state index is 12.7. The molecule has 1 amide bonds. The Balaban J connectivity index is 1.77. The van der Waals surface area contributed by atoms with Gasteiger partial charge in [0.15, 0.2) is 0 Å². The molecular weight excluding hydrogens is 392 g/mol. The van der Waals surface area contributed by atoms with Gasteiger partial charge in [-0.2, -0.15) is 0 Å². The fourth-order valence-electron chi connectivity index (χ4n) is 3.62. The third-order valence-electron chi connectivity index (χ3n) is 4.85. The van der Waals surface area contributed by atoms with Crippen LogP contribution in [0.1, 0.15) is 32.8 Å². The third-order valence-corrected chi connectivity index (χ3v) is 4.96. The molecule has 4 N–H and O–H groups in total. The minimum atomic E-state index is -0.618. The molecule has 7 nitrogen and oxygen atoms in total. The zero-order chi connectivity index (χ0) is 21.2. The average Bonchev–Trinajstić information content (AvgIpc) is 3.04. The summed E-state index contributed by atoms with van der Waals surface area (Å²) >= 11 is 5.93. The molecule has 29 heavy (non-hydrogen) atoms. The van der Waals surface area contributed by atoms with Crippen LogP contribution < -0.4 is 11.5 Å². The van der Waals surface area contributed by atoms with Crippen molar-refractivity contribution < 1.29 is 14.3 Å². The zero-order valence-corrected chi connectivity index (χ0v) is 17.9. The molecule has 0 aromatic heterocycles. The molecule has 0 spiro atoms. The maximum atomic E-state index is 12.7. The van der Waals surface area contributed by atoms with Crippen LogP contribution in [0.2, 0.25) is 0 Å². The fraction of sp³-hybridized carbons (Fsp3) is 0.476. The Kier molecular flexibility index (Phi) is 6.29. The molecule has 2 aliphatic rings. The van der Waals surface area contributed by atoms with Gasteiger partial charge in [-0.25, -0.2) is 4.79 Å². The van der Waals surface area contributed by atoms with E-state index in [2.05, 4.69) is 4.90 Å². The molecule has 0 radical (unpaired) electrons. The smallest absolute Gasteiger partial charge is 0.416 e. The van der Waals surface area contributed by atoms with Crippen molar-refractivity contribution in [3.8, 4) is 0 Å². The van der Waals surface area contributed by atoms with E-state index >= 15 is 0 Å². The molecule has 1 fully saturated rings. The van der Waals surface area contributed by atoms with Crippen LogP contribution in [0.3, 0.4) is 0 Å². The maximum Gasteiger partial charge on any atom is 0.416 e. The number of carbonyl (C=O) groups is 1. The quantitative estimate of drug-likeness (QED) is 0.727. The minimum absolute atomic E-state index is 0.00606. The van der Waals surface area contributed by atoms with E-state index in [0.717, 1.165) is 12.0 Å². The monoisotopic (exact) mass is 420 g/mol. The lowest BCUT2D eigenvalue weighted by atomic mass is 10.1. The van der Waals surface area contributed by atoms with Crippen LogP contribution in [0.25, 0.3) is 0 Å². The first kappa shape index (κ1) is 21.3. The Bertz CT molecular complexity index is 800. The van der Waals surface area contributed by atoms with Gasteiger partial charge < -0.3 is 25.8 Å². The van der Waals surface area contributed by atoms with E-state index in [9.17, 15) is 4.79 Å². The molecule has 2 aliphatic heterocycles. The molecule has 2 heterocycles. The lowest BCUT2D eigenvalue weighted by Gasteiger charge is -2.39. The third kappa shape index (κ3) is 5.36. The van der Waals surface area contributed by atoms with Gasteiger partial charge in [0.05, 0.1) is 25.0 Å². The molecule has 0 bridgehead atoms. The number of fused-ring (bicyclic) bond motifs is 1. The molecule has 1 saturated heterocycles. The molecule has 1 aromatic carbocycles. The van der Waals surface area contributed by atoms with Gasteiger partial charge in [0, 0.05) is 12.6 Å². The Morgan fingerprint density at radius 3 is 2.59 bits per heavy atom. The summed E-state index contributed by atoms with van der Waals surface area (Å²) in [5.74, 6) is 0.280. The van der Waals surface area contributed by atoms with E-state index in [1.807, 2.05) is 51.1 Å². The number of allylic oxidation sites excluding steroid dienone is 1. The highest BCUT2D eigenvalue weighted by Crippen LogP contribution is 2.33. The van der Waals surface area contributed by atoms with E-state index in [1.54, 1.807) is 6.08 Å². The summed E-state index contributed by atoms with van der Waals surface area (Å²) in [6.45, 7) is 7.07. The standard InChI is InChI=1S/C21H29ClN4O3/c1-21(2,3)29-20(27)26-11-15-9-16(28-13-14-7-5-4-6-8-14)12-25(15)17(19(26)24)10-18(22)23/h4-8,10,15-16H,9,11-13,23-24H2,1-3H3/b18-10-. The van der Waals surface area contributed by atoms with Crippen LogP contribution in [0.5, 0.6) is 0 Å². The van der Waals surface area contributed by atoms with Crippen molar-refractivity contribution in [1.82, 2.24) is 9.80 Å². The number of nitrogens with zero attached hydrogens (tertiary/aromatic N) is 2. The zero-order valence-electron chi connectivity index (χ0n) is 17.1. The number of benzene rings is 1. The first-order valence-electron chi connectivity index (χ1n) is 9.69. The van der Waals surface area contributed by atoms with Crippen molar-refractivity contribution in [2.45, 2.75) is 51.5 Å². The van der Waals surface area contributed by atoms with Gasteiger partial charge in [-0.1, -0.05) is 41.9 Å². The Hall–Kier alpha value is -2.38. The summed E-state index contributed by atoms with van der Waals surface area (Å²) in [4.78, 5) is 16.3. The lowest BCUT2D eigenvalue weighted by Crippen LogP contribution is -2.51. The van der Waals surface area contributed by atoms with Crippen LogP contribution in [0.4, 0.5) is 4.79 Å².